The Labute approximate surface area is 140 Å². The molecule has 0 aliphatic carbocycles. The topological polar surface area (TPSA) is 101 Å². The van der Waals surface area contributed by atoms with Gasteiger partial charge in [0.05, 0.1) is 6.26 Å². The van der Waals surface area contributed by atoms with Crippen molar-refractivity contribution in [2.24, 2.45) is 0 Å². The first-order valence-corrected chi connectivity index (χ1v) is 10.0. The molecule has 0 saturated heterocycles. The molecule has 2 aromatic rings. The lowest BCUT2D eigenvalue weighted by Gasteiger charge is -2.02. The zero-order chi connectivity index (χ0) is 16.9. The Morgan fingerprint density at radius 2 is 1.91 bits per heavy atom. The van der Waals surface area contributed by atoms with Gasteiger partial charge in [-0.05, 0) is 24.3 Å². The van der Waals surface area contributed by atoms with Crippen LogP contribution in [0.5, 0.6) is 0 Å². The molecular weight excluding hydrogens is 363 g/mol. The summed E-state index contributed by atoms with van der Waals surface area (Å²) in [4.78, 5) is 12.6. The SMILES string of the molecule is CS(=O)(=O)Nc1nnc(NC(=O)CCSc2ccc(F)cc2)s1. The molecular formula is C12H13FN4O3S3. The van der Waals surface area contributed by atoms with Crippen molar-refractivity contribution in [2.75, 3.05) is 22.0 Å². The molecule has 7 nitrogen and oxygen atoms in total. The van der Waals surface area contributed by atoms with Crippen LogP contribution >= 0.6 is 23.1 Å². The molecule has 0 bridgehead atoms. The van der Waals surface area contributed by atoms with Crippen molar-refractivity contribution in [3.8, 4) is 0 Å². The summed E-state index contributed by atoms with van der Waals surface area (Å²) in [6.45, 7) is 0. The van der Waals surface area contributed by atoms with E-state index in [-0.39, 0.29) is 28.4 Å². The smallest absolute Gasteiger partial charge is 0.231 e. The van der Waals surface area contributed by atoms with Crippen LogP contribution in [0.25, 0.3) is 0 Å². The third-order valence-corrected chi connectivity index (χ3v) is 4.82. The lowest BCUT2D eigenvalue weighted by Crippen LogP contribution is -2.11. The average Bonchev–Trinajstić information content (AvgIpc) is 2.86. The summed E-state index contributed by atoms with van der Waals surface area (Å²) in [5.74, 6) is -0.0476. The van der Waals surface area contributed by atoms with Gasteiger partial charge in [-0.1, -0.05) is 11.3 Å². The van der Waals surface area contributed by atoms with E-state index in [4.69, 9.17) is 0 Å². The number of halogens is 1. The molecule has 1 aromatic carbocycles. The maximum atomic E-state index is 12.8. The van der Waals surface area contributed by atoms with Crippen LogP contribution < -0.4 is 10.0 Å². The number of carbonyl (C=O) groups excluding carboxylic acids is 1. The molecule has 124 valence electrons. The fraction of sp³-hybridized carbons (Fsp3) is 0.250. The number of hydrogen-bond acceptors (Lipinski definition) is 7. The van der Waals surface area contributed by atoms with Gasteiger partial charge >= 0.3 is 0 Å². The molecule has 2 N–H and O–H groups in total. The van der Waals surface area contributed by atoms with Crippen molar-refractivity contribution in [1.29, 1.82) is 0 Å². The first-order chi connectivity index (χ1) is 10.8. The number of nitrogens with one attached hydrogen (secondary N) is 2. The molecule has 0 atom stereocenters. The van der Waals surface area contributed by atoms with Gasteiger partial charge in [-0.2, -0.15) is 0 Å². The van der Waals surface area contributed by atoms with E-state index in [1.165, 1.54) is 23.9 Å². The van der Waals surface area contributed by atoms with Crippen molar-refractivity contribution in [1.82, 2.24) is 10.2 Å². The Kier molecular flexibility index (Phi) is 5.91. The number of hydrogen-bond donors (Lipinski definition) is 2. The molecule has 0 saturated carbocycles. The minimum Gasteiger partial charge on any atom is -0.300 e. The predicted molar refractivity (Wildman–Crippen MR) is 88.7 cm³/mol. The molecule has 1 aromatic heterocycles. The number of amides is 1. The van der Waals surface area contributed by atoms with Crippen LogP contribution in [-0.4, -0.2) is 36.5 Å². The molecule has 0 aliphatic rings. The highest BCUT2D eigenvalue weighted by Crippen LogP contribution is 2.22. The van der Waals surface area contributed by atoms with E-state index >= 15 is 0 Å². The maximum absolute atomic E-state index is 12.8. The zero-order valence-corrected chi connectivity index (χ0v) is 14.4. The highest BCUT2D eigenvalue weighted by Gasteiger charge is 2.11. The Bertz CT molecular complexity index is 777. The third-order valence-electron chi connectivity index (χ3n) is 2.36. The molecule has 0 fully saturated rings. The number of thioether (sulfide) groups is 1. The summed E-state index contributed by atoms with van der Waals surface area (Å²) in [5.41, 5.74) is 0. The second-order valence-corrected chi connectivity index (χ2v) is 8.28. The van der Waals surface area contributed by atoms with Crippen molar-refractivity contribution in [3.63, 3.8) is 0 Å². The Balaban J connectivity index is 1.77. The van der Waals surface area contributed by atoms with Crippen LogP contribution in [0.3, 0.4) is 0 Å². The van der Waals surface area contributed by atoms with E-state index in [2.05, 4.69) is 20.2 Å². The lowest BCUT2D eigenvalue weighted by atomic mass is 10.4. The highest BCUT2D eigenvalue weighted by atomic mass is 32.2. The molecule has 0 spiro atoms. The van der Waals surface area contributed by atoms with Gasteiger partial charge < -0.3 is 5.32 Å². The van der Waals surface area contributed by atoms with Crippen molar-refractivity contribution in [3.05, 3.63) is 30.1 Å². The van der Waals surface area contributed by atoms with Crippen LogP contribution in [0, 0.1) is 5.82 Å². The number of rotatable bonds is 7. The van der Waals surface area contributed by atoms with E-state index in [9.17, 15) is 17.6 Å². The molecule has 0 radical (unpaired) electrons. The Morgan fingerprint density at radius 1 is 1.26 bits per heavy atom. The van der Waals surface area contributed by atoms with Crippen molar-refractivity contribution in [2.45, 2.75) is 11.3 Å². The van der Waals surface area contributed by atoms with Crippen molar-refractivity contribution < 1.29 is 17.6 Å². The molecule has 1 heterocycles. The first-order valence-electron chi connectivity index (χ1n) is 6.31. The van der Waals surface area contributed by atoms with Crippen molar-refractivity contribution >= 4 is 49.3 Å². The molecule has 23 heavy (non-hydrogen) atoms. The molecule has 0 unspecified atom stereocenters. The van der Waals surface area contributed by atoms with Crippen LogP contribution in [0.4, 0.5) is 14.7 Å². The zero-order valence-electron chi connectivity index (χ0n) is 11.9. The van der Waals surface area contributed by atoms with Gasteiger partial charge in [0.2, 0.25) is 26.2 Å². The summed E-state index contributed by atoms with van der Waals surface area (Å²) in [5, 5.41) is 10.1. The predicted octanol–water partition coefficient (Wildman–Crippen LogP) is 2.17. The summed E-state index contributed by atoms with van der Waals surface area (Å²) < 4.78 is 37.0. The molecule has 11 heteroatoms. The monoisotopic (exact) mass is 376 g/mol. The van der Waals surface area contributed by atoms with Crippen LogP contribution in [0.2, 0.25) is 0 Å². The van der Waals surface area contributed by atoms with Crippen LogP contribution in [0.1, 0.15) is 6.42 Å². The van der Waals surface area contributed by atoms with Gasteiger partial charge in [0.25, 0.3) is 0 Å². The number of sulfonamides is 1. The summed E-state index contributed by atoms with van der Waals surface area (Å²) >= 11 is 2.36. The molecule has 1 amide bonds. The fourth-order valence-corrected chi connectivity index (χ4v) is 3.79. The minimum absolute atomic E-state index is 0.0866. The van der Waals surface area contributed by atoms with E-state index in [1.54, 1.807) is 12.1 Å². The number of anilines is 2. The normalized spacial score (nSPS) is 11.2. The number of nitrogens with zero attached hydrogens (tertiary/aromatic N) is 2. The summed E-state index contributed by atoms with van der Waals surface area (Å²) in [6.07, 6.45) is 1.23. The van der Waals surface area contributed by atoms with Gasteiger partial charge in [-0.3, -0.25) is 9.52 Å². The quantitative estimate of drug-likeness (QED) is 0.718. The van der Waals surface area contributed by atoms with Crippen LogP contribution in [-0.2, 0) is 14.8 Å². The molecule has 2 rings (SSSR count). The first kappa shape index (κ1) is 17.6. The van der Waals surface area contributed by atoms with E-state index < -0.39 is 10.0 Å². The number of benzene rings is 1. The minimum atomic E-state index is -3.43. The average molecular weight is 376 g/mol. The number of carbonyl (C=O) groups is 1. The van der Waals surface area contributed by atoms with E-state index in [0.717, 1.165) is 22.5 Å². The standard InChI is InChI=1S/C12H13FN4O3S3/c1-23(19,20)17-12-16-15-11(22-12)14-10(18)6-7-21-9-4-2-8(13)3-5-9/h2-5H,6-7H2,1H3,(H,16,17)(H,14,15,18). The summed E-state index contributed by atoms with van der Waals surface area (Å²) in [6, 6.07) is 6.01. The second-order valence-electron chi connectivity index (χ2n) is 4.39. The van der Waals surface area contributed by atoms with Gasteiger partial charge in [0.1, 0.15) is 5.82 Å². The third kappa shape index (κ3) is 6.50. The second kappa shape index (κ2) is 7.70. The van der Waals surface area contributed by atoms with Crippen LogP contribution in [0.15, 0.2) is 29.2 Å². The largest absolute Gasteiger partial charge is 0.300 e. The van der Waals surface area contributed by atoms with E-state index in [1.807, 2.05) is 0 Å². The number of aromatic nitrogens is 2. The van der Waals surface area contributed by atoms with E-state index in [0.29, 0.717) is 5.75 Å². The Hall–Kier alpha value is -1.72. The lowest BCUT2D eigenvalue weighted by molar-refractivity contribution is -0.115. The highest BCUT2D eigenvalue weighted by molar-refractivity contribution is 7.99. The van der Waals surface area contributed by atoms with Gasteiger partial charge in [0, 0.05) is 17.1 Å². The molecule has 0 aliphatic heterocycles. The maximum Gasteiger partial charge on any atom is 0.231 e. The van der Waals surface area contributed by atoms with Gasteiger partial charge in [-0.25, -0.2) is 12.8 Å². The van der Waals surface area contributed by atoms with Gasteiger partial charge in [0.15, 0.2) is 0 Å². The summed E-state index contributed by atoms with van der Waals surface area (Å²) in [7, 11) is -3.43. The fourth-order valence-electron chi connectivity index (χ4n) is 1.45. The Morgan fingerprint density at radius 3 is 2.57 bits per heavy atom. The van der Waals surface area contributed by atoms with Gasteiger partial charge in [-0.15, -0.1) is 22.0 Å².